The van der Waals surface area contributed by atoms with Gasteiger partial charge in [0, 0.05) is 51.1 Å². The summed E-state index contributed by atoms with van der Waals surface area (Å²) < 4.78 is 26.7. The molecule has 1 aliphatic heterocycles. The van der Waals surface area contributed by atoms with E-state index in [4.69, 9.17) is 5.26 Å². The van der Waals surface area contributed by atoms with Crippen LogP contribution in [0.25, 0.3) is 0 Å². The van der Waals surface area contributed by atoms with E-state index in [1.807, 2.05) is 24.3 Å². The summed E-state index contributed by atoms with van der Waals surface area (Å²) in [7, 11) is -3.71. The number of hydrogen-bond acceptors (Lipinski definition) is 5. The number of hydrogen-bond donors (Lipinski definition) is 1. The highest BCUT2D eigenvalue weighted by Crippen LogP contribution is 2.15. The van der Waals surface area contributed by atoms with Gasteiger partial charge in [-0.05, 0) is 42.7 Å². The number of carbonyl (C=O) groups is 2. The minimum atomic E-state index is -3.71. The predicted octanol–water partition coefficient (Wildman–Crippen LogP) is 2.19. The first-order valence-corrected chi connectivity index (χ1v) is 12.5. The fourth-order valence-electron chi connectivity index (χ4n) is 3.69. The molecule has 2 aromatic rings. The van der Waals surface area contributed by atoms with Crippen LogP contribution in [0.4, 0.5) is 0 Å². The Hall–Kier alpha value is -3.22. The molecule has 1 N–H and O–H groups in total. The van der Waals surface area contributed by atoms with E-state index in [-0.39, 0.29) is 29.7 Å². The molecule has 0 bridgehead atoms. The maximum atomic E-state index is 12.8. The molecule has 0 atom stereocenters. The van der Waals surface area contributed by atoms with Crippen LogP contribution < -0.4 is 4.72 Å². The third kappa shape index (κ3) is 6.88. The number of piperazine rings is 1. The first-order valence-electron chi connectivity index (χ1n) is 11.0. The minimum Gasteiger partial charge on any atom is -0.339 e. The summed E-state index contributed by atoms with van der Waals surface area (Å²) in [5, 5.41) is 8.53. The lowest BCUT2D eigenvalue weighted by molar-refractivity contribution is -0.132. The molecule has 0 saturated carbocycles. The largest absolute Gasteiger partial charge is 0.339 e. The molecule has 0 radical (unpaired) electrons. The fourth-order valence-corrected chi connectivity index (χ4v) is 4.72. The Bertz CT molecular complexity index is 1090. The lowest BCUT2D eigenvalue weighted by Gasteiger charge is -2.35. The molecule has 8 nitrogen and oxygen atoms in total. The number of amides is 2. The molecule has 1 fully saturated rings. The zero-order valence-corrected chi connectivity index (χ0v) is 19.3. The van der Waals surface area contributed by atoms with Gasteiger partial charge in [0.05, 0.1) is 11.0 Å². The van der Waals surface area contributed by atoms with Gasteiger partial charge in [0.2, 0.25) is 15.9 Å². The van der Waals surface area contributed by atoms with Gasteiger partial charge >= 0.3 is 0 Å². The number of nitrogens with one attached hydrogen (secondary N) is 1. The Morgan fingerprint density at radius 1 is 0.939 bits per heavy atom. The molecular weight excluding hydrogens is 440 g/mol. The van der Waals surface area contributed by atoms with Gasteiger partial charge in [0.25, 0.3) is 5.91 Å². The van der Waals surface area contributed by atoms with Crippen molar-refractivity contribution in [2.24, 2.45) is 0 Å². The normalized spacial score (nSPS) is 14.0. The van der Waals surface area contributed by atoms with Crippen LogP contribution in [0, 0.1) is 11.3 Å². The highest BCUT2D eigenvalue weighted by molar-refractivity contribution is 7.89. The van der Waals surface area contributed by atoms with E-state index >= 15 is 0 Å². The third-order valence-corrected chi connectivity index (χ3v) is 7.04. The summed E-state index contributed by atoms with van der Waals surface area (Å²) in [5.74, 6) is -0.0796. The second-order valence-corrected chi connectivity index (χ2v) is 9.61. The number of carbonyl (C=O) groups excluding carboxylic acids is 2. The van der Waals surface area contributed by atoms with Crippen molar-refractivity contribution in [2.45, 2.75) is 30.6 Å². The SMILES string of the molecule is N#CCCNS(=O)(=O)c1ccc(C(=O)N2CCN(C(=O)CCCc3ccccc3)CC2)cc1. The van der Waals surface area contributed by atoms with Crippen LogP contribution in [0.1, 0.15) is 35.2 Å². The Balaban J connectivity index is 1.46. The highest BCUT2D eigenvalue weighted by Gasteiger charge is 2.25. The Morgan fingerprint density at radius 3 is 2.21 bits per heavy atom. The van der Waals surface area contributed by atoms with E-state index in [0.29, 0.717) is 38.2 Å². The van der Waals surface area contributed by atoms with Crippen LogP contribution in [0.15, 0.2) is 59.5 Å². The molecule has 2 amide bonds. The maximum absolute atomic E-state index is 12.8. The topological polar surface area (TPSA) is 111 Å². The number of rotatable bonds is 9. The summed E-state index contributed by atoms with van der Waals surface area (Å²) in [6.45, 7) is 1.91. The highest BCUT2D eigenvalue weighted by atomic mass is 32.2. The lowest BCUT2D eigenvalue weighted by atomic mass is 10.1. The van der Waals surface area contributed by atoms with E-state index in [1.165, 1.54) is 29.8 Å². The van der Waals surface area contributed by atoms with Crippen LogP contribution in [-0.4, -0.2) is 62.8 Å². The fraction of sp³-hybridized carbons (Fsp3) is 0.375. The number of benzene rings is 2. The standard InChI is InChI=1S/C24H28N4O4S/c25-14-5-15-26-33(31,32)22-12-10-21(11-13-22)24(30)28-18-16-27(17-19-28)23(29)9-4-8-20-6-2-1-3-7-20/h1-3,6-7,10-13,26H,4-5,8-9,15-19H2. The monoisotopic (exact) mass is 468 g/mol. The number of aryl methyl sites for hydroxylation is 1. The smallest absolute Gasteiger partial charge is 0.253 e. The van der Waals surface area contributed by atoms with Crippen LogP contribution in [0.3, 0.4) is 0 Å². The summed E-state index contributed by atoms with van der Waals surface area (Å²) in [4.78, 5) is 28.8. The van der Waals surface area contributed by atoms with Crippen molar-refractivity contribution in [1.29, 1.82) is 5.26 Å². The van der Waals surface area contributed by atoms with Gasteiger partial charge in [0.1, 0.15) is 0 Å². The van der Waals surface area contributed by atoms with E-state index in [0.717, 1.165) is 12.8 Å². The first-order chi connectivity index (χ1) is 15.9. The van der Waals surface area contributed by atoms with Gasteiger partial charge in [-0.25, -0.2) is 13.1 Å². The average Bonchev–Trinajstić information content (AvgIpc) is 2.84. The van der Waals surface area contributed by atoms with Crippen molar-refractivity contribution < 1.29 is 18.0 Å². The van der Waals surface area contributed by atoms with Crippen molar-refractivity contribution in [3.63, 3.8) is 0 Å². The molecular formula is C24H28N4O4S. The molecule has 9 heteroatoms. The lowest BCUT2D eigenvalue weighted by Crippen LogP contribution is -2.50. The maximum Gasteiger partial charge on any atom is 0.253 e. The summed E-state index contributed by atoms with van der Waals surface area (Å²) >= 11 is 0. The van der Waals surface area contributed by atoms with Crippen LogP contribution in [-0.2, 0) is 21.2 Å². The number of nitriles is 1. The number of nitrogens with zero attached hydrogens (tertiary/aromatic N) is 3. The Labute approximate surface area is 194 Å². The predicted molar refractivity (Wildman–Crippen MR) is 124 cm³/mol. The molecule has 2 aromatic carbocycles. The minimum absolute atomic E-state index is 0.0365. The average molecular weight is 469 g/mol. The van der Waals surface area contributed by atoms with Crippen LogP contribution in [0.2, 0.25) is 0 Å². The molecule has 0 aromatic heterocycles. The van der Waals surface area contributed by atoms with E-state index in [1.54, 1.807) is 9.80 Å². The van der Waals surface area contributed by atoms with Gasteiger partial charge in [-0.1, -0.05) is 30.3 Å². The number of sulfonamides is 1. The molecule has 3 rings (SSSR count). The summed E-state index contributed by atoms with van der Waals surface area (Å²) in [5.41, 5.74) is 1.62. The van der Waals surface area contributed by atoms with E-state index < -0.39 is 10.0 Å². The molecule has 0 aliphatic carbocycles. The van der Waals surface area contributed by atoms with E-state index in [2.05, 4.69) is 16.9 Å². The van der Waals surface area contributed by atoms with Crippen molar-refractivity contribution >= 4 is 21.8 Å². The Kier molecular flexibility index (Phi) is 8.58. The molecule has 174 valence electrons. The van der Waals surface area contributed by atoms with Gasteiger partial charge in [-0.15, -0.1) is 0 Å². The molecule has 1 saturated heterocycles. The molecule has 0 unspecified atom stereocenters. The van der Waals surface area contributed by atoms with Crippen molar-refractivity contribution in [3.8, 4) is 6.07 Å². The van der Waals surface area contributed by atoms with Crippen molar-refractivity contribution in [2.75, 3.05) is 32.7 Å². The van der Waals surface area contributed by atoms with Gasteiger partial charge in [-0.3, -0.25) is 9.59 Å². The van der Waals surface area contributed by atoms with Gasteiger partial charge < -0.3 is 9.80 Å². The zero-order chi connectivity index (χ0) is 23.7. The van der Waals surface area contributed by atoms with Crippen LogP contribution in [0.5, 0.6) is 0 Å². The Morgan fingerprint density at radius 2 is 1.58 bits per heavy atom. The first kappa shape index (κ1) is 24.4. The zero-order valence-electron chi connectivity index (χ0n) is 18.4. The summed E-state index contributed by atoms with van der Waals surface area (Å²) in [6.07, 6.45) is 2.23. The third-order valence-electron chi connectivity index (χ3n) is 5.56. The molecule has 33 heavy (non-hydrogen) atoms. The second kappa shape index (κ2) is 11.6. The van der Waals surface area contributed by atoms with Crippen LogP contribution >= 0.6 is 0 Å². The van der Waals surface area contributed by atoms with Gasteiger partial charge in [0.15, 0.2) is 0 Å². The molecule has 1 heterocycles. The van der Waals surface area contributed by atoms with Gasteiger partial charge in [-0.2, -0.15) is 5.26 Å². The van der Waals surface area contributed by atoms with Crippen molar-refractivity contribution in [3.05, 3.63) is 65.7 Å². The van der Waals surface area contributed by atoms with E-state index in [9.17, 15) is 18.0 Å². The quantitative estimate of drug-likeness (QED) is 0.567. The molecule has 1 aliphatic rings. The molecule has 0 spiro atoms. The van der Waals surface area contributed by atoms with Crippen molar-refractivity contribution in [1.82, 2.24) is 14.5 Å². The summed E-state index contributed by atoms with van der Waals surface area (Å²) in [6, 6.07) is 17.7. The second-order valence-electron chi connectivity index (χ2n) is 7.84.